The summed E-state index contributed by atoms with van der Waals surface area (Å²) >= 11 is 0. The number of allylic oxidation sites excluding steroid dienone is 2. The number of carbonyl (C=O) groups excluding carboxylic acids is 1. The Kier molecular flexibility index (Phi) is 51.0. The standard InChI is InChI=1S/C63H123NO11S/c1-3-5-7-9-11-13-15-17-18-19-20-21-22-23-24-25-26-27-28-29-30-31-32-33-34-35-36-37-38-39-40-41-43-45-47-49-51-53-59(67)64-56(57(66)52-50-48-46-44-42-16-14-12-10-8-6-4-2)55-73-63-61(69)62(75-76(70,71)72)60(68)58(54-65)74-63/h27-28,56-58,60-63,65-66,68-69H,3-26,29-55H2,1-2H3,(H,64,67)(H,70,71,72)/b28-27-. The van der Waals surface area contributed by atoms with Gasteiger partial charge >= 0.3 is 10.4 Å². The fourth-order valence-corrected chi connectivity index (χ4v) is 11.3. The number of nitrogens with one attached hydrogen (secondary N) is 1. The molecule has 452 valence electrons. The Hall–Kier alpha value is -1.16. The molecule has 0 saturated carbocycles. The molecular formula is C63H123NO11S. The minimum Gasteiger partial charge on any atom is -0.394 e. The Bertz CT molecular complexity index is 1390. The Morgan fingerprint density at radius 1 is 0.513 bits per heavy atom. The smallest absolute Gasteiger partial charge is 0.394 e. The van der Waals surface area contributed by atoms with Crippen LogP contribution in [0.2, 0.25) is 0 Å². The fourth-order valence-electron chi connectivity index (χ4n) is 10.8. The lowest BCUT2D eigenvalue weighted by Gasteiger charge is -2.41. The van der Waals surface area contributed by atoms with Gasteiger partial charge in [0.2, 0.25) is 5.91 Å². The maximum atomic E-state index is 13.1. The summed E-state index contributed by atoms with van der Waals surface area (Å²) < 4.78 is 47.9. The molecule has 12 nitrogen and oxygen atoms in total. The molecule has 0 aromatic rings. The summed E-state index contributed by atoms with van der Waals surface area (Å²) in [6.07, 6.45) is 57.0. The summed E-state index contributed by atoms with van der Waals surface area (Å²) in [5, 5.41) is 45.1. The van der Waals surface area contributed by atoms with Crippen molar-refractivity contribution < 1.29 is 51.8 Å². The minimum atomic E-state index is -5.08. The lowest BCUT2D eigenvalue weighted by atomic mass is 9.99. The number of hydrogen-bond donors (Lipinski definition) is 6. The topological polar surface area (TPSA) is 192 Å². The van der Waals surface area contributed by atoms with Gasteiger partial charge in [-0.2, -0.15) is 8.42 Å². The Balaban J connectivity index is 2.12. The van der Waals surface area contributed by atoms with Crippen molar-refractivity contribution in [3.05, 3.63) is 12.2 Å². The molecule has 1 aliphatic rings. The lowest BCUT2D eigenvalue weighted by molar-refractivity contribution is -0.298. The largest absolute Gasteiger partial charge is 0.397 e. The van der Waals surface area contributed by atoms with Crippen LogP contribution in [0.5, 0.6) is 0 Å². The van der Waals surface area contributed by atoms with Crippen molar-refractivity contribution in [2.45, 2.75) is 371 Å². The van der Waals surface area contributed by atoms with Crippen LogP contribution in [0.1, 0.15) is 328 Å². The second kappa shape index (κ2) is 53.2. The molecule has 1 aliphatic heterocycles. The molecule has 1 amide bonds. The third-order valence-electron chi connectivity index (χ3n) is 15.8. The first-order chi connectivity index (χ1) is 37.0. The quantitative estimate of drug-likeness (QED) is 0.0193. The van der Waals surface area contributed by atoms with Gasteiger partial charge in [0, 0.05) is 6.42 Å². The third-order valence-corrected chi connectivity index (χ3v) is 16.3. The SMILES string of the molecule is CCCCCCCCCCCCCCCCCC/C=C\CCCCCCCCCCCCCCCCCCCC(=O)NC(COC1OC(CO)C(O)C(OS(=O)(=O)O)C1O)C(O)CCCCCCCCCCCCCC. The second-order valence-electron chi connectivity index (χ2n) is 23.1. The van der Waals surface area contributed by atoms with E-state index in [1.54, 1.807) is 0 Å². The fraction of sp³-hybridized carbons (Fsp3) is 0.952. The van der Waals surface area contributed by atoms with Gasteiger partial charge < -0.3 is 35.2 Å². The molecule has 6 N–H and O–H groups in total. The molecule has 0 spiro atoms. The van der Waals surface area contributed by atoms with E-state index in [0.29, 0.717) is 12.8 Å². The molecule has 1 fully saturated rings. The van der Waals surface area contributed by atoms with Gasteiger partial charge in [-0.1, -0.05) is 296 Å². The van der Waals surface area contributed by atoms with Gasteiger partial charge in [0.15, 0.2) is 6.29 Å². The van der Waals surface area contributed by atoms with Gasteiger partial charge in [0.05, 0.1) is 25.4 Å². The summed E-state index contributed by atoms with van der Waals surface area (Å²) in [4.78, 5) is 13.1. The number of amides is 1. The molecule has 0 radical (unpaired) electrons. The normalized spacial score (nSPS) is 19.0. The third kappa shape index (κ3) is 44.6. The summed E-state index contributed by atoms with van der Waals surface area (Å²) in [7, 11) is -5.08. The van der Waals surface area contributed by atoms with Crippen LogP contribution in [0.15, 0.2) is 12.2 Å². The monoisotopic (exact) mass is 1100 g/mol. The molecule has 7 atom stereocenters. The predicted octanol–water partition coefficient (Wildman–Crippen LogP) is 16.2. The van der Waals surface area contributed by atoms with Gasteiger partial charge in [0.1, 0.15) is 24.4 Å². The number of unbranched alkanes of at least 4 members (excludes halogenated alkanes) is 44. The number of ether oxygens (including phenoxy) is 2. The molecule has 1 saturated heterocycles. The van der Waals surface area contributed by atoms with Crippen LogP contribution in [-0.2, 0) is 28.9 Å². The van der Waals surface area contributed by atoms with E-state index in [2.05, 4.69) is 35.5 Å². The summed E-state index contributed by atoms with van der Waals surface area (Å²) in [6, 6.07) is -0.854. The van der Waals surface area contributed by atoms with E-state index in [9.17, 15) is 38.2 Å². The first-order valence-corrected chi connectivity index (χ1v) is 33.9. The van der Waals surface area contributed by atoms with Gasteiger partial charge in [-0.15, -0.1) is 0 Å². The zero-order valence-corrected chi connectivity index (χ0v) is 50.2. The minimum absolute atomic E-state index is 0.224. The van der Waals surface area contributed by atoms with Crippen molar-refractivity contribution in [2.75, 3.05) is 13.2 Å². The zero-order chi connectivity index (χ0) is 55.4. The number of aliphatic hydroxyl groups is 4. The van der Waals surface area contributed by atoms with E-state index in [-0.39, 0.29) is 12.5 Å². The average Bonchev–Trinajstić information content (AvgIpc) is 3.40. The van der Waals surface area contributed by atoms with Crippen LogP contribution in [0.25, 0.3) is 0 Å². The molecule has 0 aliphatic carbocycles. The van der Waals surface area contributed by atoms with Gasteiger partial charge in [-0.25, -0.2) is 4.18 Å². The van der Waals surface area contributed by atoms with Gasteiger partial charge in [-0.05, 0) is 38.5 Å². The van der Waals surface area contributed by atoms with Crippen LogP contribution < -0.4 is 5.32 Å². The van der Waals surface area contributed by atoms with Gasteiger partial charge in [0.25, 0.3) is 0 Å². The van der Waals surface area contributed by atoms with Crippen LogP contribution in [0, 0.1) is 0 Å². The van der Waals surface area contributed by atoms with Crippen molar-refractivity contribution in [3.8, 4) is 0 Å². The van der Waals surface area contributed by atoms with Crippen molar-refractivity contribution in [2.24, 2.45) is 0 Å². The molecule has 76 heavy (non-hydrogen) atoms. The van der Waals surface area contributed by atoms with Crippen LogP contribution in [-0.4, -0.2) is 95.4 Å². The van der Waals surface area contributed by atoms with E-state index in [0.717, 1.165) is 51.4 Å². The Morgan fingerprint density at radius 3 is 1.18 bits per heavy atom. The number of rotatable bonds is 58. The maximum absolute atomic E-state index is 13.1. The average molecular weight is 1100 g/mol. The molecule has 1 heterocycles. The Morgan fingerprint density at radius 2 is 0.842 bits per heavy atom. The molecular weight excluding hydrogens is 979 g/mol. The Labute approximate surface area is 468 Å². The highest BCUT2D eigenvalue weighted by Crippen LogP contribution is 2.26. The number of aliphatic hydroxyl groups excluding tert-OH is 4. The van der Waals surface area contributed by atoms with Gasteiger partial charge in [-0.3, -0.25) is 9.35 Å². The van der Waals surface area contributed by atoms with Crippen LogP contribution in [0.3, 0.4) is 0 Å². The molecule has 0 aromatic heterocycles. The molecule has 1 rings (SSSR count). The highest BCUT2D eigenvalue weighted by Gasteiger charge is 2.48. The van der Waals surface area contributed by atoms with Crippen molar-refractivity contribution in [1.82, 2.24) is 5.32 Å². The second-order valence-corrected chi connectivity index (χ2v) is 24.1. The highest BCUT2D eigenvalue weighted by molar-refractivity contribution is 7.80. The maximum Gasteiger partial charge on any atom is 0.397 e. The van der Waals surface area contributed by atoms with E-state index >= 15 is 0 Å². The highest BCUT2D eigenvalue weighted by atomic mass is 32.3. The first kappa shape index (κ1) is 72.9. The molecule has 7 unspecified atom stereocenters. The van der Waals surface area contributed by atoms with E-state index < -0.39 is 59.9 Å². The lowest BCUT2D eigenvalue weighted by Crippen LogP contribution is -2.61. The summed E-state index contributed by atoms with van der Waals surface area (Å²) in [6.45, 7) is 3.48. The molecule has 0 bridgehead atoms. The summed E-state index contributed by atoms with van der Waals surface area (Å²) in [5.74, 6) is -0.224. The summed E-state index contributed by atoms with van der Waals surface area (Å²) in [5.41, 5.74) is 0. The van der Waals surface area contributed by atoms with E-state index in [4.69, 9.17) is 9.47 Å². The van der Waals surface area contributed by atoms with E-state index in [1.807, 2.05) is 0 Å². The van der Waals surface area contributed by atoms with E-state index in [1.165, 1.54) is 250 Å². The molecule has 13 heteroatoms. The number of carbonyl (C=O) groups is 1. The zero-order valence-electron chi connectivity index (χ0n) is 49.4. The van der Waals surface area contributed by atoms with Crippen LogP contribution in [0.4, 0.5) is 0 Å². The number of hydrogen-bond acceptors (Lipinski definition) is 10. The van der Waals surface area contributed by atoms with Crippen molar-refractivity contribution >= 4 is 16.3 Å². The van der Waals surface area contributed by atoms with Crippen molar-refractivity contribution in [3.63, 3.8) is 0 Å². The predicted molar refractivity (Wildman–Crippen MR) is 315 cm³/mol. The molecule has 0 aromatic carbocycles. The van der Waals surface area contributed by atoms with Crippen LogP contribution >= 0.6 is 0 Å². The van der Waals surface area contributed by atoms with Crippen molar-refractivity contribution in [1.29, 1.82) is 0 Å². The first-order valence-electron chi connectivity index (χ1n) is 32.6.